The normalized spacial score (nSPS) is 50.4. The van der Waals surface area contributed by atoms with Gasteiger partial charge in [-0.15, -0.1) is 0 Å². The van der Waals surface area contributed by atoms with E-state index in [2.05, 4.69) is 27.7 Å². The molecule has 2 aliphatic carbocycles. The predicted octanol–water partition coefficient (Wildman–Crippen LogP) is 4.74. The van der Waals surface area contributed by atoms with Crippen LogP contribution in [-0.4, -0.2) is 0 Å². The summed E-state index contributed by atoms with van der Waals surface area (Å²) in [5.74, 6) is 6.27. The first kappa shape index (κ1) is 11.5. The molecule has 0 aromatic heterocycles. The third-order valence-electron chi connectivity index (χ3n) is 5.58. The van der Waals surface area contributed by atoms with E-state index in [0.717, 1.165) is 35.5 Å². The molecule has 2 fully saturated rings. The van der Waals surface area contributed by atoms with Crippen molar-refractivity contribution >= 4 is 0 Å². The van der Waals surface area contributed by atoms with Crippen LogP contribution in [0.3, 0.4) is 0 Å². The lowest BCUT2D eigenvalue weighted by molar-refractivity contribution is 0.0838. The topological polar surface area (TPSA) is 0 Å². The second-order valence-corrected chi connectivity index (χ2v) is 6.26. The Hall–Kier alpha value is 0. The lowest BCUT2D eigenvalue weighted by atomic mass is 9.65. The van der Waals surface area contributed by atoms with Gasteiger partial charge in [0.25, 0.3) is 0 Å². The van der Waals surface area contributed by atoms with Crippen LogP contribution < -0.4 is 0 Å². The van der Waals surface area contributed by atoms with Gasteiger partial charge in [0.2, 0.25) is 0 Å². The van der Waals surface area contributed by atoms with E-state index in [1.807, 2.05) is 0 Å². The van der Waals surface area contributed by atoms with Crippen LogP contribution in [-0.2, 0) is 0 Å². The Morgan fingerprint density at radius 2 is 1.20 bits per heavy atom. The van der Waals surface area contributed by atoms with E-state index in [1.54, 1.807) is 0 Å². The predicted molar refractivity (Wildman–Crippen MR) is 66.7 cm³/mol. The van der Waals surface area contributed by atoms with Gasteiger partial charge in [-0.05, 0) is 41.9 Å². The van der Waals surface area contributed by atoms with E-state index in [4.69, 9.17) is 0 Å². The molecule has 0 spiro atoms. The van der Waals surface area contributed by atoms with Crippen molar-refractivity contribution in [3.8, 4) is 0 Å². The first-order chi connectivity index (χ1) is 7.19. The van der Waals surface area contributed by atoms with Crippen molar-refractivity contribution in [3.63, 3.8) is 0 Å². The summed E-state index contributed by atoms with van der Waals surface area (Å²) in [4.78, 5) is 0. The third kappa shape index (κ3) is 1.85. The molecule has 0 heterocycles. The maximum absolute atomic E-state index is 2.52. The summed E-state index contributed by atoms with van der Waals surface area (Å²) in [6.45, 7) is 9.85. The van der Waals surface area contributed by atoms with E-state index in [1.165, 1.54) is 32.1 Å². The highest BCUT2D eigenvalue weighted by atomic mass is 14.5. The summed E-state index contributed by atoms with van der Waals surface area (Å²) in [6.07, 6.45) is 7.38. The minimum atomic E-state index is 1.01. The highest BCUT2D eigenvalue weighted by molar-refractivity contribution is 4.96. The molecule has 0 aromatic carbocycles. The Labute approximate surface area is 95.8 Å². The summed E-state index contributed by atoms with van der Waals surface area (Å²) in [7, 11) is 0. The monoisotopic (exact) mass is 208 g/mol. The largest absolute Gasteiger partial charge is 0.0651 e. The van der Waals surface area contributed by atoms with Crippen LogP contribution >= 0.6 is 0 Å². The molecule has 15 heavy (non-hydrogen) atoms. The van der Waals surface area contributed by atoms with Crippen molar-refractivity contribution < 1.29 is 0 Å². The molecule has 2 aliphatic rings. The van der Waals surface area contributed by atoms with Crippen LogP contribution in [0, 0.1) is 35.5 Å². The van der Waals surface area contributed by atoms with E-state index in [0.29, 0.717) is 0 Å². The minimum absolute atomic E-state index is 1.01. The molecular weight excluding hydrogens is 180 g/mol. The fraction of sp³-hybridized carbons (Fsp3) is 1.00. The molecule has 0 radical (unpaired) electrons. The third-order valence-corrected chi connectivity index (χ3v) is 5.58. The molecule has 0 aliphatic heterocycles. The molecule has 2 rings (SSSR count). The van der Waals surface area contributed by atoms with Gasteiger partial charge >= 0.3 is 0 Å². The first-order valence-electron chi connectivity index (χ1n) is 7.19. The molecule has 2 saturated carbocycles. The SMILES string of the molecule is CCC1CC(CC)C2C(C)CCC(C)C12. The Morgan fingerprint density at radius 1 is 0.800 bits per heavy atom. The smallest absolute Gasteiger partial charge is 0.0326 e. The van der Waals surface area contributed by atoms with Crippen molar-refractivity contribution in [2.75, 3.05) is 0 Å². The summed E-state index contributed by atoms with van der Waals surface area (Å²) in [6, 6.07) is 0. The molecule has 0 bridgehead atoms. The quantitative estimate of drug-likeness (QED) is 0.615. The van der Waals surface area contributed by atoms with E-state index in [-0.39, 0.29) is 0 Å². The summed E-state index contributed by atoms with van der Waals surface area (Å²) in [5.41, 5.74) is 0. The lowest BCUT2D eigenvalue weighted by Crippen LogP contribution is -2.33. The number of hydrogen-bond acceptors (Lipinski definition) is 0. The van der Waals surface area contributed by atoms with Crippen LogP contribution in [0.1, 0.15) is 59.8 Å². The average Bonchev–Trinajstić information content (AvgIpc) is 2.63. The Kier molecular flexibility index (Phi) is 3.42. The van der Waals surface area contributed by atoms with Gasteiger partial charge in [-0.3, -0.25) is 0 Å². The van der Waals surface area contributed by atoms with Crippen molar-refractivity contribution in [1.29, 1.82) is 0 Å². The molecule has 0 saturated heterocycles. The van der Waals surface area contributed by atoms with E-state index >= 15 is 0 Å². The van der Waals surface area contributed by atoms with Crippen molar-refractivity contribution in [1.82, 2.24) is 0 Å². The van der Waals surface area contributed by atoms with Crippen molar-refractivity contribution in [2.24, 2.45) is 35.5 Å². The van der Waals surface area contributed by atoms with Gasteiger partial charge in [-0.2, -0.15) is 0 Å². The van der Waals surface area contributed by atoms with Gasteiger partial charge in [-0.1, -0.05) is 53.4 Å². The Bertz CT molecular complexity index is 186. The summed E-state index contributed by atoms with van der Waals surface area (Å²) < 4.78 is 0. The zero-order valence-electron chi connectivity index (χ0n) is 11.0. The Balaban J connectivity index is 2.19. The average molecular weight is 208 g/mol. The van der Waals surface area contributed by atoms with Gasteiger partial charge in [0, 0.05) is 0 Å². The van der Waals surface area contributed by atoms with Gasteiger partial charge in [0.15, 0.2) is 0 Å². The molecule has 0 nitrogen and oxygen atoms in total. The minimum Gasteiger partial charge on any atom is -0.0651 e. The van der Waals surface area contributed by atoms with Crippen LogP contribution in [0.4, 0.5) is 0 Å². The van der Waals surface area contributed by atoms with Crippen molar-refractivity contribution in [3.05, 3.63) is 0 Å². The van der Waals surface area contributed by atoms with Gasteiger partial charge in [-0.25, -0.2) is 0 Å². The molecule has 0 heteroatoms. The zero-order chi connectivity index (χ0) is 11.0. The molecule has 0 amide bonds. The number of hydrogen-bond donors (Lipinski definition) is 0. The Morgan fingerprint density at radius 3 is 1.53 bits per heavy atom. The van der Waals surface area contributed by atoms with Gasteiger partial charge in [0.1, 0.15) is 0 Å². The van der Waals surface area contributed by atoms with Gasteiger partial charge in [0.05, 0.1) is 0 Å². The van der Waals surface area contributed by atoms with Crippen LogP contribution in [0.5, 0.6) is 0 Å². The maximum Gasteiger partial charge on any atom is -0.0326 e. The molecule has 6 unspecified atom stereocenters. The molecule has 0 aromatic rings. The van der Waals surface area contributed by atoms with Crippen molar-refractivity contribution in [2.45, 2.75) is 59.8 Å². The standard InChI is InChI=1S/C15H28/c1-5-12-9-13(6-2)15-11(4)8-7-10(3)14(12)15/h10-15H,5-9H2,1-4H3. The fourth-order valence-corrected chi connectivity index (χ4v) is 4.81. The van der Waals surface area contributed by atoms with Gasteiger partial charge < -0.3 is 0 Å². The highest BCUT2D eigenvalue weighted by Gasteiger charge is 2.47. The number of rotatable bonds is 2. The summed E-state index contributed by atoms with van der Waals surface area (Å²) >= 11 is 0. The van der Waals surface area contributed by atoms with E-state index < -0.39 is 0 Å². The maximum atomic E-state index is 2.52. The molecule has 6 atom stereocenters. The van der Waals surface area contributed by atoms with Crippen LogP contribution in [0.2, 0.25) is 0 Å². The lowest BCUT2D eigenvalue weighted by Gasteiger charge is -2.40. The highest BCUT2D eigenvalue weighted by Crippen LogP contribution is 2.55. The molecule has 0 N–H and O–H groups in total. The number of fused-ring (bicyclic) bond motifs is 1. The molecular formula is C15H28. The first-order valence-corrected chi connectivity index (χ1v) is 7.19. The van der Waals surface area contributed by atoms with E-state index in [9.17, 15) is 0 Å². The zero-order valence-corrected chi connectivity index (χ0v) is 11.0. The molecule has 88 valence electrons. The second kappa shape index (κ2) is 4.47. The second-order valence-electron chi connectivity index (χ2n) is 6.26. The fourth-order valence-electron chi connectivity index (χ4n) is 4.81. The van der Waals surface area contributed by atoms with Crippen LogP contribution in [0.25, 0.3) is 0 Å². The summed E-state index contributed by atoms with van der Waals surface area (Å²) in [5, 5.41) is 0. The van der Waals surface area contributed by atoms with Crippen LogP contribution in [0.15, 0.2) is 0 Å².